The molecule has 0 amide bonds. The Bertz CT molecular complexity index is 318. The Morgan fingerprint density at radius 1 is 0.394 bits per heavy atom. The third-order valence-electron chi connectivity index (χ3n) is 7.24. The van der Waals surface area contributed by atoms with Crippen molar-refractivity contribution in [3.05, 3.63) is 0 Å². The van der Waals surface area contributed by atoms with Crippen LogP contribution in [0.25, 0.3) is 0 Å². The summed E-state index contributed by atoms with van der Waals surface area (Å²) in [6.07, 6.45) is 31.4. The van der Waals surface area contributed by atoms with Gasteiger partial charge in [0, 0.05) is 25.3 Å². The summed E-state index contributed by atoms with van der Waals surface area (Å²) in [6, 6.07) is 0.812. The van der Waals surface area contributed by atoms with E-state index in [4.69, 9.17) is 0 Å². The molecule has 2 atom stereocenters. The summed E-state index contributed by atoms with van der Waals surface area (Å²) in [4.78, 5) is 0. The summed E-state index contributed by atoms with van der Waals surface area (Å²) in [5.74, 6) is 0. The molecule has 0 saturated heterocycles. The molecule has 0 spiro atoms. The highest BCUT2D eigenvalue weighted by molar-refractivity contribution is 4.75. The van der Waals surface area contributed by atoms with Gasteiger partial charge in [-0.25, -0.2) is 0 Å². The fourth-order valence-electron chi connectivity index (χ4n) is 5.02. The Kier molecular flexibility index (Phi) is 28.0. The number of aliphatic hydroxyl groups is 2. The zero-order chi connectivity index (χ0) is 24.2. The van der Waals surface area contributed by atoms with Gasteiger partial charge in [-0.05, 0) is 25.7 Å². The SMILES string of the molecule is CCCCCCCCCCCCC(CCO)NC(CCO)CCCCCCCCCCCC. The molecule has 0 aliphatic carbocycles. The maximum Gasteiger partial charge on any atom is 0.0445 e. The van der Waals surface area contributed by atoms with Crippen LogP contribution >= 0.6 is 0 Å². The van der Waals surface area contributed by atoms with E-state index in [0.29, 0.717) is 12.1 Å². The van der Waals surface area contributed by atoms with Crippen LogP contribution in [0.5, 0.6) is 0 Å². The van der Waals surface area contributed by atoms with E-state index >= 15 is 0 Å². The molecule has 33 heavy (non-hydrogen) atoms. The Balaban J connectivity index is 3.85. The fraction of sp³-hybridized carbons (Fsp3) is 1.00. The van der Waals surface area contributed by atoms with Crippen LogP contribution in [0.2, 0.25) is 0 Å². The third kappa shape index (κ3) is 24.8. The molecule has 3 nitrogen and oxygen atoms in total. The van der Waals surface area contributed by atoms with Crippen molar-refractivity contribution in [2.75, 3.05) is 13.2 Å². The van der Waals surface area contributed by atoms with Gasteiger partial charge in [0.15, 0.2) is 0 Å². The van der Waals surface area contributed by atoms with Gasteiger partial charge >= 0.3 is 0 Å². The number of unbranched alkanes of at least 4 members (excludes halogenated alkanes) is 18. The Morgan fingerprint density at radius 3 is 0.939 bits per heavy atom. The van der Waals surface area contributed by atoms with Gasteiger partial charge in [0.2, 0.25) is 0 Å². The molecule has 3 heteroatoms. The minimum absolute atomic E-state index is 0.263. The van der Waals surface area contributed by atoms with Crippen molar-refractivity contribution in [1.29, 1.82) is 0 Å². The molecule has 0 radical (unpaired) electrons. The van der Waals surface area contributed by atoms with Crippen LogP contribution in [0.3, 0.4) is 0 Å². The van der Waals surface area contributed by atoms with Gasteiger partial charge in [0.25, 0.3) is 0 Å². The first-order chi connectivity index (χ1) is 16.3. The molecule has 0 saturated carbocycles. The first-order valence-electron chi connectivity index (χ1n) is 15.3. The van der Waals surface area contributed by atoms with Gasteiger partial charge in [0.1, 0.15) is 0 Å². The summed E-state index contributed by atoms with van der Waals surface area (Å²) in [6.45, 7) is 5.09. The molecule has 200 valence electrons. The smallest absolute Gasteiger partial charge is 0.0445 e. The minimum atomic E-state index is 0.263. The standard InChI is InChI=1S/C30H63NO2/c1-3-5-7-9-11-13-15-17-19-21-23-29(25-27-32)31-30(26-28-33)24-22-20-18-16-14-12-10-8-6-4-2/h29-33H,3-28H2,1-2H3. The van der Waals surface area contributed by atoms with Crippen LogP contribution in [-0.4, -0.2) is 35.5 Å². The lowest BCUT2D eigenvalue weighted by atomic mass is 9.99. The van der Waals surface area contributed by atoms with Gasteiger partial charge in [-0.2, -0.15) is 0 Å². The van der Waals surface area contributed by atoms with E-state index in [1.807, 2.05) is 0 Å². The van der Waals surface area contributed by atoms with E-state index in [-0.39, 0.29) is 13.2 Å². The first kappa shape index (κ1) is 32.9. The molecule has 0 fully saturated rings. The number of nitrogens with one attached hydrogen (secondary N) is 1. The van der Waals surface area contributed by atoms with Crippen LogP contribution in [0.15, 0.2) is 0 Å². The molecular weight excluding hydrogens is 406 g/mol. The summed E-state index contributed by atoms with van der Waals surface area (Å²) in [5, 5.41) is 22.8. The van der Waals surface area contributed by atoms with E-state index in [1.54, 1.807) is 0 Å². The van der Waals surface area contributed by atoms with Gasteiger partial charge in [-0.15, -0.1) is 0 Å². The lowest BCUT2D eigenvalue weighted by Crippen LogP contribution is -2.39. The predicted octanol–water partition coefficient (Wildman–Crippen LogP) is 8.70. The van der Waals surface area contributed by atoms with E-state index in [2.05, 4.69) is 19.2 Å². The Labute approximate surface area is 208 Å². The average Bonchev–Trinajstić information content (AvgIpc) is 2.81. The van der Waals surface area contributed by atoms with Crippen LogP contribution in [-0.2, 0) is 0 Å². The lowest BCUT2D eigenvalue weighted by Gasteiger charge is -2.25. The first-order valence-corrected chi connectivity index (χ1v) is 15.3. The van der Waals surface area contributed by atoms with E-state index in [0.717, 1.165) is 25.7 Å². The van der Waals surface area contributed by atoms with Gasteiger partial charge in [-0.3, -0.25) is 0 Å². The Hall–Kier alpha value is -0.120. The van der Waals surface area contributed by atoms with E-state index in [1.165, 1.54) is 128 Å². The van der Waals surface area contributed by atoms with Crippen molar-refractivity contribution < 1.29 is 10.2 Å². The Morgan fingerprint density at radius 2 is 0.667 bits per heavy atom. The van der Waals surface area contributed by atoms with Crippen molar-refractivity contribution in [2.24, 2.45) is 0 Å². The maximum atomic E-state index is 9.52. The number of hydrogen-bond acceptors (Lipinski definition) is 3. The predicted molar refractivity (Wildman–Crippen MR) is 147 cm³/mol. The third-order valence-corrected chi connectivity index (χ3v) is 7.24. The number of aliphatic hydroxyl groups excluding tert-OH is 2. The molecule has 3 N–H and O–H groups in total. The lowest BCUT2D eigenvalue weighted by molar-refractivity contribution is 0.224. The van der Waals surface area contributed by atoms with Crippen molar-refractivity contribution in [2.45, 2.75) is 180 Å². The maximum absolute atomic E-state index is 9.52. The molecule has 0 aromatic heterocycles. The molecule has 0 aromatic rings. The van der Waals surface area contributed by atoms with Gasteiger partial charge in [0.05, 0.1) is 0 Å². The molecular formula is C30H63NO2. The van der Waals surface area contributed by atoms with E-state index < -0.39 is 0 Å². The van der Waals surface area contributed by atoms with Crippen LogP contribution in [0.4, 0.5) is 0 Å². The zero-order valence-electron chi connectivity index (χ0n) is 22.9. The minimum Gasteiger partial charge on any atom is -0.396 e. The zero-order valence-corrected chi connectivity index (χ0v) is 22.9. The topological polar surface area (TPSA) is 52.5 Å². The molecule has 0 bridgehead atoms. The average molecular weight is 470 g/mol. The number of rotatable bonds is 28. The highest BCUT2D eigenvalue weighted by Gasteiger charge is 2.14. The van der Waals surface area contributed by atoms with Crippen molar-refractivity contribution in [3.8, 4) is 0 Å². The van der Waals surface area contributed by atoms with E-state index in [9.17, 15) is 10.2 Å². The second kappa shape index (κ2) is 28.1. The summed E-state index contributed by atoms with van der Waals surface area (Å²) in [7, 11) is 0. The quantitative estimate of drug-likeness (QED) is 0.100. The molecule has 0 aliphatic heterocycles. The number of hydrogen-bond donors (Lipinski definition) is 3. The highest BCUT2D eigenvalue weighted by Crippen LogP contribution is 2.16. The van der Waals surface area contributed by atoms with Crippen molar-refractivity contribution >= 4 is 0 Å². The normalized spacial score (nSPS) is 13.5. The second-order valence-electron chi connectivity index (χ2n) is 10.5. The van der Waals surface area contributed by atoms with Gasteiger partial charge < -0.3 is 15.5 Å². The monoisotopic (exact) mass is 469 g/mol. The molecule has 2 unspecified atom stereocenters. The molecule has 0 rings (SSSR count). The van der Waals surface area contributed by atoms with Crippen LogP contribution in [0.1, 0.15) is 168 Å². The molecule has 0 aliphatic rings. The molecule has 0 aromatic carbocycles. The summed E-state index contributed by atoms with van der Waals surface area (Å²) < 4.78 is 0. The molecule has 0 heterocycles. The van der Waals surface area contributed by atoms with Crippen molar-refractivity contribution in [1.82, 2.24) is 5.32 Å². The highest BCUT2D eigenvalue weighted by atomic mass is 16.3. The fourth-order valence-corrected chi connectivity index (χ4v) is 5.02. The summed E-state index contributed by atoms with van der Waals surface area (Å²) in [5.41, 5.74) is 0. The van der Waals surface area contributed by atoms with Crippen LogP contribution in [0, 0.1) is 0 Å². The second-order valence-corrected chi connectivity index (χ2v) is 10.5. The van der Waals surface area contributed by atoms with Crippen molar-refractivity contribution in [3.63, 3.8) is 0 Å². The van der Waals surface area contributed by atoms with Gasteiger partial charge in [-0.1, -0.05) is 142 Å². The van der Waals surface area contributed by atoms with Crippen LogP contribution < -0.4 is 5.32 Å². The largest absolute Gasteiger partial charge is 0.396 e. The summed E-state index contributed by atoms with van der Waals surface area (Å²) >= 11 is 0.